The number of carbonyl (C=O) groups is 6. The largest absolute Gasteiger partial charge is 0.389 e. The molecular formula is C24H14N2O7. The average Bonchev–Trinajstić information content (AvgIpc) is 3.32. The number of fused-ring (bicyclic) bond motifs is 5. The lowest BCUT2D eigenvalue weighted by Crippen LogP contribution is -2.51. The van der Waals surface area contributed by atoms with Crippen LogP contribution in [0.25, 0.3) is 5.57 Å². The second-order valence-electron chi connectivity index (χ2n) is 8.27. The summed E-state index contributed by atoms with van der Waals surface area (Å²) in [4.78, 5) is 80.1. The van der Waals surface area contributed by atoms with Crippen LogP contribution in [0.3, 0.4) is 0 Å². The molecule has 0 N–H and O–H groups in total. The van der Waals surface area contributed by atoms with E-state index in [0.29, 0.717) is 5.56 Å². The lowest BCUT2D eigenvalue weighted by Gasteiger charge is -2.37. The Morgan fingerprint density at radius 1 is 0.848 bits per heavy atom. The van der Waals surface area contributed by atoms with Crippen LogP contribution in [0.5, 0.6) is 0 Å². The number of hydrogen-bond donors (Lipinski definition) is 0. The zero-order chi connectivity index (χ0) is 23.4. The molecule has 0 aromatic heterocycles. The third-order valence-electron chi connectivity index (χ3n) is 6.76. The Hall–Kier alpha value is -4.40. The van der Waals surface area contributed by atoms with Gasteiger partial charge in [0.25, 0.3) is 5.91 Å². The van der Waals surface area contributed by atoms with Crippen molar-refractivity contribution in [2.75, 3.05) is 9.80 Å². The molecule has 9 heteroatoms. The number of carbonyl (C=O) groups excluding carboxylic acids is 6. The van der Waals surface area contributed by atoms with Crippen LogP contribution in [0, 0.1) is 5.92 Å². The van der Waals surface area contributed by atoms with E-state index in [0.717, 1.165) is 9.80 Å². The Balaban J connectivity index is 1.82. The van der Waals surface area contributed by atoms with Crippen molar-refractivity contribution in [1.82, 2.24) is 0 Å². The minimum atomic E-state index is -1.80. The highest BCUT2D eigenvalue weighted by Gasteiger charge is 2.69. The summed E-state index contributed by atoms with van der Waals surface area (Å²) in [5.74, 6) is -6.11. The minimum Gasteiger partial charge on any atom is -0.389 e. The molecule has 162 valence electrons. The predicted molar refractivity (Wildman–Crippen MR) is 112 cm³/mol. The number of imide groups is 2. The van der Waals surface area contributed by atoms with Crippen LogP contribution in [-0.4, -0.2) is 35.6 Å². The van der Waals surface area contributed by atoms with Crippen molar-refractivity contribution in [3.63, 3.8) is 0 Å². The van der Waals surface area contributed by atoms with Gasteiger partial charge in [-0.3, -0.25) is 24.0 Å². The number of benzene rings is 2. The van der Waals surface area contributed by atoms with E-state index in [-0.39, 0.29) is 33.6 Å². The molecule has 1 fully saturated rings. The van der Waals surface area contributed by atoms with Crippen LogP contribution in [0.2, 0.25) is 0 Å². The molecule has 4 aliphatic rings. The number of hydrogen-bond acceptors (Lipinski definition) is 7. The molecule has 9 nitrogen and oxygen atoms in total. The molecule has 1 saturated heterocycles. The monoisotopic (exact) mass is 442 g/mol. The first-order valence-corrected chi connectivity index (χ1v) is 10.2. The number of rotatable bonds is 0. The van der Waals surface area contributed by atoms with E-state index < -0.39 is 46.9 Å². The van der Waals surface area contributed by atoms with E-state index in [4.69, 9.17) is 4.74 Å². The van der Waals surface area contributed by atoms with Crippen molar-refractivity contribution in [2.45, 2.75) is 19.3 Å². The summed E-state index contributed by atoms with van der Waals surface area (Å²) in [5.41, 5.74) is -0.836. The first-order chi connectivity index (χ1) is 15.7. The van der Waals surface area contributed by atoms with Crippen molar-refractivity contribution >= 4 is 52.5 Å². The average molecular weight is 442 g/mol. The fourth-order valence-corrected chi connectivity index (χ4v) is 5.70. The van der Waals surface area contributed by atoms with Gasteiger partial charge in [-0.1, -0.05) is 30.3 Å². The van der Waals surface area contributed by atoms with Crippen molar-refractivity contribution in [3.8, 4) is 0 Å². The van der Waals surface area contributed by atoms with Crippen LogP contribution >= 0.6 is 0 Å². The molecule has 0 bridgehead atoms. The maximum absolute atomic E-state index is 14.1. The van der Waals surface area contributed by atoms with Gasteiger partial charge in [0.05, 0.1) is 22.5 Å². The zero-order valence-corrected chi connectivity index (χ0v) is 17.4. The highest BCUT2D eigenvalue weighted by atomic mass is 16.6. The summed E-state index contributed by atoms with van der Waals surface area (Å²) in [6.45, 7) is 2.44. The Morgan fingerprint density at radius 3 is 2.18 bits per heavy atom. The normalized spacial score (nSPS) is 24.4. The van der Waals surface area contributed by atoms with Gasteiger partial charge in [0.15, 0.2) is 0 Å². The van der Waals surface area contributed by atoms with Gasteiger partial charge in [-0.25, -0.2) is 14.6 Å². The number of ether oxygens (including phenoxy) is 1. The summed E-state index contributed by atoms with van der Waals surface area (Å²) in [6.07, 6.45) is 0. The van der Waals surface area contributed by atoms with E-state index in [2.05, 4.69) is 0 Å². The molecule has 1 aliphatic carbocycles. The van der Waals surface area contributed by atoms with Gasteiger partial charge in [0, 0.05) is 19.4 Å². The van der Waals surface area contributed by atoms with E-state index in [9.17, 15) is 28.8 Å². The summed E-state index contributed by atoms with van der Waals surface area (Å²) in [6, 6.07) is 11.2. The molecule has 4 amide bonds. The van der Waals surface area contributed by atoms with Crippen molar-refractivity contribution in [1.29, 1.82) is 0 Å². The number of cyclic esters (lactones) is 2. The minimum absolute atomic E-state index is 0.117. The second kappa shape index (κ2) is 5.89. The van der Waals surface area contributed by atoms with Crippen LogP contribution in [-0.2, 0) is 38.9 Å². The van der Waals surface area contributed by atoms with Crippen molar-refractivity contribution in [3.05, 3.63) is 64.7 Å². The first kappa shape index (κ1) is 19.3. The lowest BCUT2D eigenvalue weighted by atomic mass is 9.59. The van der Waals surface area contributed by atoms with E-state index >= 15 is 0 Å². The molecule has 6 rings (SSSR count). The smallest absolute Gasteiger partial charge is 0.343 e. The Labute approximate surface area is 186 Å². The quantitative estimate of drug-likeness (QED) is 0.445. The lowest BCUT2D eigenvalue weighted by molar-refractivity contribution is -0.154. The summed E-state index contributed by atoms with van der Waals surface area (Å²) < 4.78 is 4.94. The van der Waals surface area contributed by atoms with Gasteiger partial charge in [-0.05, 0) is 23.3 Å². The second-order valence-corrected chi connectivity index (χ2v) is 8.27. The fourth-order valence-electron chi connectivity index (χ4n) is 5.70. The molecule has 2 aromatic carbocycles. The van der Waals surface area contributed by atoms with Gasteiger partial charge >= 0.3 is 11.9 Å². The third-order valence-corrected chi connectivity index (χ3v) is 6.76. The number of nitrogens with zero attached hydrogens (tertiary/aromatic N) is 2. The fraction of sp³-hybridized carbons (Fsp3) is 0.167. The molecule has 1 spiro atoms. The standard InChI is InChI=1S/C24H14N2O7/c1-10(27)25-15-9-5-7-13-16(15)17(20(25)29)18-19(22(31)33-21(18)30)24(13)12-6-3-4-8-14(12)26(11(2)28)23(24)32/h3-9,19H,1-2H3/t19-,24-/m1/s1. The maximum Gasteiger partial charge on any atom is 0.343 e. The van der Waals surface area contributed by atoms with Crippen LogP contribution in [0.4, 0.5) is 11.4 Å². The molecule has 3 heterocycles. The molecule has 0 saturated carbocycles. The van der Waals surface area contributed by atoms with Crippen molar-refractivity contribution < 1.29 is 33.5 Å². The summed E-state index contributed by atoms with van der Waals surface area (Å²) >= 11 is 0. The van der Waals surface area contributed by atoms with Crippen LogP contribution in [0.1, 0.15) is 30.5 Å². The molecule has 2 aromatic rings. The molecule has 0 radical (unpaired) electrons. The Kier molecular flexibility index (Phi) is 3.44. The van der Waals surface area contributed by atoms with Crippen molar-refractivity contribution in [2.24, 2.45) is 5.92 Å². The maximum atomic E-state index is 14.1. The highest BCUT2D eigenvalue weighted by molar-refractivity contribution is 6.45. The van der Waals surface area contributed by atoms with Gasteiger partial charge in [-0.2, -0.15) is 0 Å². The number of amides is 4. The van der Waals surface area contributed by atoms with Gasteiger partial charge < -0.3 is 4.74 Å². The van der Waals surface area contributed by atoms with Gasteiger partial charge in [0.2, 0.25) is 17.7 Å². The van der Waals surface area contributed by atoms with E-state index in [1.54, 1.807) is 36.4 Å². The first-order valence-electron chi connectivity index (χ1n) is 10.2. The number of esters is 2. The van der Waals surface area contributed by atoms with Crippen LogP contribution in [0.15, 0.2) is 48.0 Å². The molecular weight excluding hydrogens is 428 g/mol. The Morgan fingerprint density at radius 2 is 1.48 bits per heavy atom. The Bertz CT molecular complexity index is 1450. The third kappa shape index (κ3) is 1.94. The number of para-hydroxylation sites is 1. The summed E-state index contributed by atoms with van der Waals surface area (Å²) in [5, 5.41) is 0. The number of anilines is 2. The van der Waals surface area contributed by atoms with Crippen LogP contribution < -0.4 is 9.80 Å². The summed E-state index contributed by atoms with van der Waals surface area (Å²) in [7, 11) is 0. The van der Waals surface area contributed by atoms with E-state index in [1.807, 2.05) is 0 Å². The molecule has 0 unspecified atom stereocenters. The van der Waals surface area contributed by atoms with Gasteiger partial charge in [-0.15, -0.1) is 0 Å². The van der Waals surface area contributed by atoms with Gasteiger partial charge in [0.1, 0.15) is 11.3 Å². The molecule has 33 heavy (non-hydrogen) atoms. The molecule has 2 atom stereocenters. The topological polar surface area (TPSA) is 118 Å². The van der Waals surface area contributed by atoms with E-state index in [1.165, 1.54) is 19.9 Å². The predicted octanol–water partition coefficient (Wildman–Crippen LogP) is 1.23. The highest BCUT2D eigenvalue weighted by Crippen LogP contribution is 2.62. The molecule has 3 aliphatic heterocycles. The SMILES string of the molecule is CC(=O)N1C(=O)[C@]2(c3ccccc31)c1cccc3c1C(=C1C(=O)OC(=O)[C@@H]12)C(=O)N3C(C)=O. The zero-order valence-electron chi connectivity index (χ0n) is 17.4.